The fourth-order valence-electron chi connectivity index (χ4n) is 6.83. The summed E-state index contributed by atoms with van der Waals surface area (Å²) in [6.45, 7) is 0. The van der Waals surface area contributed by atoms with E-state index in [0.29, 0.717) is 0 Å². The van der Waals surface area contributed by atoms with Crippen molar-refractivity contribution in [3.05, 3.63) is 140 Å². The van der Waals surface area contributed by atoms with Gasteiger partial charge in [0.2, 0.25) is 0 Å². The maximum atomic E-state index is 6.34. The Labute approximate surface area is 250 Å². The molecule has 44 heavy (non-hydrogen) atoms. The monoisotopic (exact) mass is 565 g/mol. The molecule has 3 heterocycles. The van der Waals surface area contributed by atoms with Gasteiger partial charge >= 0.3 is 0 Å². The molecule has 0 atom stereocenters. The SMILES string of the molecule is c1ccc2c(c1)ccc1oc3ccc(N(c4ccc5c(c4)oc4ccccc45)c4ccc5c(c4)oc4ccccc45)cc3c12. The molecule has 4 heteroatoms. The lowest BCUT2D eigenvalue weighted by Gasteiger charge is -2.25. The standard InChI is InChI=1S/C40H23NO3/c1-2-8-28-24(7-1)13-19-37-40(28)33-21-25(16-20-36(33)42-37)41(26-14-17-31-29-9-3-5-11-34(29)43-38(31)22-26)27-15-18-32-30-10-4-6-12-35(30)44-39(32)23-27/h1-23H. The van der Waals surface area contributed by atoms with Gasteiger partial charge in [0.1, 0.15) is 33.5 Å². The van der Waals surface area contributed by atoms with Crippen LogP contribution in [0.4, 0.5) is 17.1 Å². The Bertz CT molecular complexity index is 2630. The average molecular weight is 566 g/mol. The van der Waals surface area contributed by atoms with Gasteiger partial charge in [0.15, 0.2) is 0 Å². The molecule has 0 amide bonds. The van der Waals surface area contributed by atoms with E-state index in [-0.39, 0.29) is 0 Å². The molecule has 0 radical (unpaired) electrons. The molecule has 0 aliphatic carbocycles. The molecule has 3 aromatic heterocycles. The van der Waals surface area contributed by atoms with Crippen LogP contribution < -0.4 is 4.90 Å². The smallest absolute Gasteiger partial charge is 0.137 e. The third-order valence-corrected chi connectivity index (χ3v) is 8.84. The van der Waals surface area contributed by atoms with Crippen LogP contribution in [-0.2, 0) is 0 Å². The first-order valence-corrected chi connectivity index (χ1v) is 14.8. The van der Waals surface area contributed by atoms with E-state index in [1.54, 1.807) is 0 Å². The summed E-state index contributed by atoms with van der Waals surface area (Å²) in [5.41, 5.74) is 8.20. The molecule has 206 valence electrons. The number of para-hydroxylation sites is 2. The summed E-state index contributed by atoms with van der Waals surface area (Å²) in [7, 11) is 0. The zero-order valence-electron chi connectivity index (χ0n) is 23.5. The summed E-state index contributed by atoms with van der Waals surface area (Å²) in [5, 5.41) is 8.99. The Hall–Kier alpha value is -6.00. The third-order valence-electron chi connectivity index (χ3n) is 8.84. The molecule has 0 spiro atoms. The summed E-state index contributed by atoms with van der Waals surface area (Å²) in [4.78, 5) is 2.27. The number of hydrogen-bond acceptors (Lipinski definition) is 4. The van der Waals surface area contributed by atoms with Crippen LogP contribution in [0.15, 0.2) is 153 Å². The topological polar surface area (TPSA) is 42.7 Å². The molecule has 10 rings (SSSR count). The first-order valence-electron chi connectivity index (χ1n) is 14.8. The van der Waals surface area contributed by atoms with Gasteiger partial charge in [-0.2, -0.15) is 0 Å². The molecule has 0 unspecified atom stereocenters. The first-order chi connectivity index (χ1) is 21.8. The van der Waals surface area contributed by atoms with E-state index in [0.717, 1.165) is 82.9 Å². The van der Waals surface area contributed by atoms with Crippen LogP contribution in [-0.4, -0.2) is 0 Å². The van der Waals surface area contributed by atoms with Crippen LogP contribution in [0.5, 0.6) is 0 Å². The second kappa shape index (κ2) is 8.76. The number of furan rings is 3. The van der Waals surface area contributed by atoms with E-state index in [1.165, 1.54) is 10.8 Å². The minimum atomic E-state index is 0.847. The number of rotatable bonds is 3. The number of anilines is 3. The van der Waals surface area contributed by atoms with Crippen LogP contribution in [0.25, 0.3) is 76.6 Å². The Morgan fingerprint density at radius 1 is 0.318 bits per heavy atom. The summed E-state index contributed by atoms with van der Waals surface area (Å²) >= 11 is 0. The van der Waals surface area contributed by atoms with Crippen LogP contribution in [0.1, 0.15) is 0 Å². The summed E-state index contributed by atoms with van der Waals surface area (Å²) < 4.78 is 19.0. The average Bonchev–Trinajstić information content (AvgIpc) is 3.75. The maximum Gasteiger partial charge on any atom is 0.137 e. The van der Waals surface area contributed by atoms with Gasteiger partial charge in [-0.05, 0) is 71.4 Å². The minimum Gasteiger partial charge on any atom is -0.456 e. The van der Waals surface area contributed by atoms with Crippen LogP contribution >= 0.6 is 0 Å². The van der Waals surface area contributed by atoms with E-state index in [1.807, 2.05) is 36.4 Å². The van der Waals surface area contributed by atoms with Crippen LogP contribution in [0.2, 0.25) is 0 Å². The summed E-state index contributed by atoms with van der Waals surface area (Å²) in [6.07, 6.45) is 0. The molecular formula is C40H23NO3. The molecule has 10 aromatic rings. The normalized spacial score (nSPS) is 12.1. The molecule has 0 N–H and O–H groups in total. The van der Waals surface area contributed by atoms with Crippen LogP contribution in [0, 0.1) is 0 Å². The zero-order valence-corrected chi connectivity index (χ0v) is 23.5. The predicted octanol–water partition coefficient (Wildman–Crippen LogP) is 12.0. The molecule has 0 bridgehead atoms. The van der Waals surface area contributed by atoms with Crippen molar-refractivity contribution < 1.29 is 13.3 Å². The highest BCUT2D eigenvalue weighted by Crippen LogP contribution is 2.43. The number of hydrogen-bond donors (Lipinski definition) is 0. The lowest BCUT2D eigenvalue weighted by Crippen LogP contribution is -2.09. The Morgan fingerprint density at radius 2 is 0.795 bits per heavy atom. The molecule has 0 aliphatic heterocycles. The highest BCUT2D eigenvalue weighted by atomic mass is 16.3. The Kier molecular flexibility index (Phi) is 4.69. The van der Waals surface area contributed by atoms with Gasteiger partial charge in [0.25, 0.3) is 0 Å². The summed E-state index contributed by atoms with van der Waals surface area (Å²) in [5.74, 6) is 0. The van der Waals surface area contributed by atoms with Crippen molar-refractivity contribution in [3.8, 4) is 0 Å². The van der Waals surface area contributed by atoms with E-state index >= 15 is 0 Å². The van der Waals surface area contributed by atoms with Crippen LogP contribution in [0.3, 0.4) is 0 Å². The molecular weight excluding hydrogens is 542 g/mol. The van der Waals surface area contributed by atoms with Crippen molar-refractivity contribution in [1.29, 1.82) is 0 Å². The van der Waals surface area contributed by atoms with Crippen molar-refractivity contribution in [3.63, 3.8) is 0 Å². The van der Waals surface area contributed by atoms with Gasteiger partial charge in [-0.1, -0.05) is 66.7 Å². The van der Waals surface area contributed by atoms with Gasteiger partial charge in [-0.3, -0.25) is 0 Å². The summed E-state index contributed by atoms with van der Waals surface area (Å²) in [6, 6.07) is 48.4. The highest BCUT2D eigenvalue weighted by molar-refractivity contribution is 6.19. The van der Waals surface area contributed by atoms with E-state index in [4.69, 9.17) is 13.3 Å². The highest BCUT2D eigenvalue weighted by Gasteiger charge is 2.19. The Balaban J connectivity index is 1.24. The molecule has 0 saturated carbocycles. The zero-order chi connectivity index (χ0) is 28.8. The Morgan fingerprint density at radius 3 is 1.48 bits per heavy atom. The lowest BCUT2D eigenvalue weighted by molar-refractivity contribution is 0.668. The second-order valence-electron chi connectivity index (χ2n) is 11.3. The fraction of sp³-hybridized carbons (Fsp3) is 0. The van der Waals surface area contributed by atoms with Gasteiger partial charge in [-0.15, -0.1) is 0 Å². The van der Waals surface area contributed by atoms with Gasteiger partial charge in [0.05, 0.1) is 0 Å². The van der Waals surface area contributed by atoms with E-state index in [9.17, 15) is 0 Å². The van der Waals surface area contributed by atoms with Gasteiger partial charge in [-0.25, -0.2) is 0 Å². The minimum absolute atomic E-state index is 0.847. The van der Waals surface area contributed by atoms with E-state index < -0.39 is 0 Å². The van der Waals surface area contributed by atoms with Crippen molar-refractivity contribution >= 4 is 93.7 Å². The number of benzene rings is 7. The van der Waals surface area contributed by atoms with Crippen molar-refractivity contribution in [2.24, 2.45) is 0 Å². The largest absolute Gasteiger partial charge is 0.456 e. The number of fused-ring (bicyclic) bond motifs is 11. The van der Waals surface area contributed by atoms with Crippen molar-refractivity contribution in [2.75, 3.05) is 4.90 Å². The predicted molar refractivity (Wildman–Crippen MR) is 180 cm³/mol. The first kappa shape index (κ1) is 23.6. The molecule has 0 saturated heterocycles. The molecule has 7 aromatic carbocycles. The second-order valence-corrected chi connectivity index (χ2v) is 11.3. The third kappa shape index (κ3) is 3.33. The molecule has 4 nitrogen and oxygen atoms in total. The van der Waals surface area contributed by atoms with E-state index in [2.05, 4.69) is 108 Å². The number of nitrogens with zero attached hydrogens (tertiary/aromatic N) is 1. The van der Waals surface area contributed by atoms with Gasteiger partial charge < -0.3 is 18.2 Å². The lowest BCUT2D eigenvalue weighted by atomic mass is 10.0. The quantitative estimate of drug-likeness (QED) is 0.214. The fourth-order valence-corrected chi connectivity index (χ4v) is 6.83. The maximum absolute atomic E-state index is 6.34. The molecule has 0 fully saturated rings. The van der Waals surface area contributed by atoms with Crippen molar-refractivity contribution in [2.45, 2.75) is 0 Å². The molecule has 0 aliphatic rings. The van der Waals surface area contributed by atoms with Gasteiger partial charge in [0, 0.05) is 61.5 Å². The van der Waals surface area contributed by atoms with Crippen molar-refractivity contribution in [1.82, 2.24) is 0 Å².